The number of aromatic nitrogens is 2. The molecule has 1 aromatic heterocycles. The Morgan fingerprint density at radius 1 is 1.04 bits per heavy atom. The third-order valence-corrected chi connectivity index (χ3v) is 4.18. The standard InChI is InChI=1S/C14H13B.C7H12N2/c1-2-15(13-9-5-3-6-10-13)14-11-7-4-8-12-14;1-3-7(2)9-5-4-8-6-9/h2-12H,1H2;4-7H,3H2,1-2H3. The predicted octanol–water partition coefficient (Wildman–Crippen LogP) is 3.87. The maximum absolute atomic E-state index is 3.95. The summed E-state index contributed by atoms with van der Waals surface area (Å²) in [7, 11) is 0. The largest absolute Gasteiger partial charge is 0.335 e. The Morgan fingerprint density at radius 3 is 1.96 bits per heavy atom. The maximum atomic E-state index is 3.95. The molecular weight excluding hydrogens is 291 g/mol. The lowest BCUT2D eigenvalue weighted by atomic mass is 9.41. The first kappa shape index (κ1) is 17.8. The summed E-state index contributed by atoms with van der Waals surface area (Å²) in [6, 6.07) is 21.5. The summed E-state index contributed by atoms with van der Waals surface area (Å²) >= 11 is 0. The quantitative estimate of drug-likeness (QED) is 0.653. The van der Waals surface area contributed by atoms with Gasteiger partial charge in [0, 0.05) is 18.4 Å². The molecule has 0 fully saturated rings. The van der Waals surface area contributed by atoms with Crippen LogP contribution in [0, 0.1) is 0 Å². The van der Waals surface area contributed by atoms with E-state index in [4.69, 9.17) is 0 Å². The minimum atomic E-state index is 0.299. The Bertz CT molecular complexity index is 654. The molecule has 2 nitrogen and oxygen atoms in total. The Kier molecular flexibility index (Phi) is 7.09. The summed E-state index contributed by atoms with van der Waals surface area (Å²) < 4.78 is 2.11. The van der Waals surface area contributed by atoms with Gasteiger partial charge in [0.2, 0.25) is 6.71 Å². The zero-order valence-electron chi connectivity index (χ0n) is 14.5. The summed E-state index contributed by atoms with van der Waals surface area (Å²) in [6.45, 7) is 8.57. The molecule has 24 heavy (non-hydrogen) atoms. The molecule has 0 amide bonds. The first-order valence-corrected chi connectivity index (χ1v) is 8.46. The Hall–Kier alpha value is -2.55. The second-order valence-electron chi connectivity index (χ2n) is 5.80. The first-order chi connectivity index (χ1) is 11.8. The summed E-state index contributed by atoms with van der Waals surface area (Å²) in [5, 5.41) is 0. The van der Waals surface area contributed by atoms with Gasteiger partial charge in [-0.15, -0.1) is 12.6 Å². The number of benzene rings is 2. The Labute approximate surface area is 146 Å². The Morgan fingerprint density at radius 2 is 1.58 bits per heavy atom. The van der Waals surface area contributed by atoms with Crippen LogP contribution in [-0.2, 0) is 0 Å². The van der Waals surface area contributed by atoms with Crippen LogP contribution < -0.4 is 10.9 Å². The number of imidazole rings is 1. The third kappa shape index (κ3) is 4.99. The fourth-order valence-corrected chi connectivity index (χ4v) is 2.53. The van der Waals surface area contributed by atoms with Crippen molar-refractivity contribution in [2.75, 3.05) is 0 Å². The van der Waals surface area contributed by atoms with Crippen LogP contribution in [0.25, 0.3) is 0 Å². The summed E-state index contributed by atoms with van der Waals surface area (Å²) in [5.41, 5.74) is 2.58. The van der Waals surface area contributed by atoms with Crippen molar-refractivity contribution in [3.63, 3.8) is 0 Å². The zero-order chi connectivity index (χ0) is 17.2. The van der Waals surface area contributed by atoms with E-state index < -0.39 is 0 Å². The second-order valence-corrected chi connectivity index (χ2v) is 5.80. The molecule has 0 aliphatic carbocycles. The van der Waals surface area contributed by atoms with E-state index in [0.717, 1.165) is 6.42 Å². The molecule has 1 unspecified atom stereocenters. The van der Waals surface area contributed by atoms with Crippen LogP contribution in [0.1, 0.15) is 26.3 Å². The second kappa shape index (κ2) is 9.56. The van der Waals surface area contributed by atoms with Gasteiger partial charge in [0.15, 0.2) is 0 Å². The lowest BCUT2D eigenvalue weighted by molar-refractivity contribution is 0.530. The van der Waals surface area contributed by atoms with Gasteiger partial charge >= 0.3 is 0 Å². The highest BCUT2D eigenvalue weighted by Gasteiger charge is 2.13. The van der Waals surface area contributed by atoms with Crippen molar-refractivity contribution in [3.8, 4) is 0 Å². The molecule has 0 saturated carbocycles. The van der Waals surface area contributed by atoms with Crippen LogP contribution in [-0.4, -0.2) is 16.3 Å². The fourth-order valence-electron chi connectivity index (χ4n) is 2.53. The van der Waals surface area contributed by atoms with Crippen molar-refractivity contribution in [2.24, 2.45) is 0 Å². The molecule has 3 rings (SSSR count). The van der Waals surface area contributed by atoms with Gasteiger partial charge in [-0.3, -0.25) is 0 Å². The van der Waals surface area contributed by atoms with Gasteiger partial charge in [-0.25, -0.2) is 4.98 Å². The number of nitrogens with zero attached hydrogens (tertiary/aromatic N) is 2. The van der Waals surface area contributed by atoms with Crippen LogP contribution >= 0.6 is 0 Å². The third-order valence-electron chi connectivity index (χ3n) is 4.18. The summed E-state index contributed by atoms with van der Waals surface area (Å²) in [5.74, 6) is 1.99. The van der Waals surface area contributed by atoms with E-state index in [2.05, 4.69) is 78.5 Å². The van der Waals surface area contributed by atoms with Crippen LogP contribution in [0.4, 0.5) is 0 Å². The number of hydrogen-bond acceptors (Lipinski definition) is 1. The smallest absolute Gasteiger partial charge is 0.233 e. The average Bonchev–Trinajstić information content (AvgIpc) is 3.19. The molecule has 3 aromatic rings. The lowest BCUT2D eigenvalue weighted by Gasteiger charge is -2.09. The van der Waals surface area contributed by atoms with Gasteiger partial charge in [0.05, 0.1) is 6.33 Å². The molecule has 0 spiro atoms. The average molecular weight is 316 g/mol. The normalized spacial score (nSPS) is 11.1. The van der Waals surface area contributed by atoms with Crippen molar-refractivity contribution in [3.05, 3.63) is 91.9 Å². The number of rotatable bonds is 5. The molecule has 0 N–H and O–H groups in total. The fraction of sp³-hybridized carbons (Fsp3) is 0.190. The van der Waals surface area contributed by atoms with E-state index >= 15 is 0 Å². The highest BCUT2D eigenvalue weighted by molar-refractivity contribution is 6.89. The number of hydrogen-bond donors (Lipinski definition) is 0. The molecule has 1 atom stereocenters. The van der Waals surface area contributed by atoms with Crippen molar-refractivity contribution in [2.45, 2.75) is 26.3 Å². The van der Waals surface area contributed by atoms with E-state index in [0.29, 0.717) is 12.8 Å². The van der Waals surface area contributed by atoms with Gasteiger partial charge < -0.3 is 4.57 Å². The summed E-state index contributed by atoms with van der Waals surface area (Å²) in [6.07, 6.45) is 6.82. The molecule has 0 aliphatic heterocycles. The summed E-state index contributed by atoms with van der Waals surface area (Å²) in [4.78, 5) is 3.95. The minimum Gasteiger partial charge on any atom is -0.335 e. The molecule has 1 heterocycles. The van der Waals surface area contributed by atoms with Gasteiger partial charge in [-0.05, 0) is 13.3 Å². The highest BCUT2D eigenvalue weighted by atomic mass is 15.0. The Balaban J connectivity index is 0.000000198. The molecule has 0 radical (unpaired) electrons. The maximum Gasteiger partial charge on any atom is 0.233 e. The minimum absolute atomic E-state index is 0.299. The topological polar surface area (TPSA) is 17.8 Å². The zero-order valence-corrected chi connectivity index (χ0v) is 14.5. The van der Waals surface area contributed by atoms with Gasteiger partial charge in [0.25, 0.3) is 0 Å². The SMILES string of the molecule is C=CB(c1ccccc1)c1ccccc1.CCC(C)n1ccnc1. The van der Waals surface area contributed by atoms with Gasteiger partial charge in [-0.1, -0.05) is 78.5 Å². The van der Waals surface area contributed by atoms with Gasteiger partial charge in [-0.2, -0.15) is 0 Å². The van der Waals surface area contributed by atoms with Crippen molar-refractivity contribution >= 4 is 17.6 Å². The van der Waals surface area contributed by atoms with Crippen molar-refractivity contribution in [1.29, 1.82) is 0 Å². The monoisotopic (exact) mass is 316 g/mol. The molecule has 0 aliphatic rings. The molecule has 122 valence electrons. The van der Waals surface area contributed by atoms with E-state index in [1.807, 2.05) is 36.8 Å². The molecule has 0 saturated heterocycles. The predicted molar refractivity (Wildman–Crippen MR) is 105 cm³/mol. The van der Waals surface area contributed by atoms with Gasteiger partial charge in [0.1, 0.15) is 0 Å². The van der Waals surface area contributed by atoms with E-state index in [1.54, 1.807) is 0 Å². The molecular formula is C21H25BN2. The molecule has 3 heteroatoms. The first-order valence-electron chi connectivity index (χ1n) is 8.46. The van der Waals surface area contributed by atoms with E-state index in [9.17, 15) is 0 Å². The molecule has 2 aromatic carbocycles. The molecule has 0 bridgehead atoms. The lowest BCUT2D eigenvalue weighted by Crippen LogP contribution is -2.40. The van der Waals surface area contributed by atoms with E-state index in [1.165, 1.54) is 10.9 Å². The van der Waals surface area contributed by atoms with Crippen LogP contribution in [0.15, 0.2) is 91.9 Å². The van der Waals surface area contributed by atoms with Crippen LogP contribution in [0.2, 0.25) is 0 Å². The van der Waals surface area contributed by atoms with Crippen LogP contribution in [0.5, 0.6) is 0 Å². The van der Waals surface area contributed by atoms with Crippen molar-refractivity contribution < 1.29 is 0 Å². The highest BCUT2D eigenvalue weighted by Crippen LogP contribution is 2.07. The van der Waals surface area contributed by atoms with Crippen LogP contribution in [0.3, 0.4) is 0 Å². The van der Waals surface area contributed by atoms with Crippen molar-refractivity contribution in [1.82, 2.24) is 9.55 Å². The van der Waals surface area contributed by atoms with E-state index in [-0.39, 0.29) is 0 Å².